The molecule has 90 valence electrons. The smallest absolute Gasteiger partial charge is 0.310 e. The van der Waals surface area contributed by atoms with Crippen LogP contribution in [-0.4, -0.2) is 43.7 Å². The molecule has 1 heterocycles. The van der Waals surface area contributed by atoms with Crippen molar-refractivity contribution in [3.8, 4) is 0 Å². The molecule has 0 aromatic rings. The van der Waals surface area contributed by atoms with Gasteiger partial charge in [-0.3, -0.25) is 4.79 Å². The summed E-state index contributed by atoms with van der Waals surface area (Å²) in [5, 5.41) is 3.49. The van der Waals surface area contributed by atoms with Gasteiger partial charge in [-0.1, -0.05) is 5.11 Å². The molecule has 1 saturated heterocycles. The van der Waals surface area contributed by atoms with Gasteiger partial charge in [-0.2, -0.15) is 0 Å². The Balaban J connectivity index is 2.34. The van der Waals surface area contributed by atoms with Crippen molar-refractivity contribution in [2.24, 2.45) is 11.0 Å². The molecule has 0 radical (unpaired) electrons. The minimum absolute atomic E-state index is 0.0141. The molecule has 1 atom stereocenters. The molecule has 0 bridgehead atoms. The molecular formula is C10H18N4O2. The van der Waals surface area contributed by atoms with E-state index in [1.54, 1.807) is 0 Å². The summed E-state index contributed by atoms with van der Waals surface area (Å²) < 4.78 is 5.01. The summed E-state index contributed by atoms with van der Waals surface area (Å²) in [5.74, 6) is -0.115. The van der Waals surface area contributed by atoms with Crippen molar-refractivity contribution in [1.29, 1.82) is 0 Å². The molecule has 1 fully saturated rings. The van der Waals surface area contributed by atoms with Gasteiger partial charge in [-0.25, -0.2) is 0 Å². The lowest BCUT2D eigenvalue weighted by Crippen LogP contribution is -2.40. The lowest BCUT2D eigenvalue weighted by molar-refractivity contribution is -0.149. The highest BCUT2D eigenvalue weighted by atomic mass is 16.5. The summed E-state index contributed by atoms with van der Waals surface area (Å²) in [5.41, 5.74) is 8.17. The van der Waals surface area contributed by atoms with Gasteiger partial charge < -0.3 is 9.64 Å². The van der Waals surface area contributed by atoms with E-state index in [0.717, 1.165) is 32.5 Å². The van der Waals surface area contributed by atoms with Gasteiger partial charge in [0.2, 0.25) is 0 Å². The maximum Gasteiger partial charge on any atom is 0.310 e. The number of hydrogen-bond donors (Lipinski definition) is 0. The average Bonchev–Trinajstić information content (AvgIpc) is 2.30. The summed E-state index contributed by atoms with van der Waals surface area (Å²) >= 11 is 0. The molecule has 0 aromatic heterocycles. The fourth-order valence-electron chi connectivity index (χ4n) is 1.94. The van der Waals surface area contributed by atoms with Crippen LogP contribution in [0.1, 0.15) is 19.8 Å². The van der Waals surface area contributed by atoms with Gasteiger partial charge in [0.25, 0.3) is 0 Å². The predicted molar refractivity (Wildman–Crippen MR) is 59.8 cm³/mol. The minimum atomic E-state index is -0.101. The van der Waals surface area contributed by atoms with Crippen LogP contribution in [-0.2, 0) is 9.53 Å². The molecule has 0 saturated carbocycles. The molecular weight excluding hydrogens is 208 g/mol. The molecule has 0 amide bonds. The lowest BCUT2D eigenvalue weighted by Gasteiger charge is -2.30. The summed E-state index contributed by atoms with van der Waals surface area (Å²) in [4.78, 5) is 16.4. The topological polar surface area (TPSA) is 78.3 Å². The molecule has 1 aliphatic heterocycles. The fraction of sp³-hybridized carbons (Fsp3) is 0.900. The standard InChI is InChI=1S/C10H18N4O2/c1-2-16-10(15)9-4-3-6-14(8-9)7-5-12-13-11/h9H,2-8H2,1H3. The third kappa shape index (κ3) is 4.08. The second-order valence-corrected chi connectivity index (χ2v) is 3.85. The van der Waals surface area contributed by atoms with E-state index in [1.807, 2.05) is 6.92 Å². The van der Waals surface area contributed by atoms with Crippen LogP contribution in [0.3, 0.4) is 0 Å². The second-order valence-electron chi connectivity index (χ2n) is 3.85. The predicted octanol–water partition coefficient (Wildman–Crippen LogP) is 1.57. The van der Waals surface area contributed by atoms with Gasteiger partial charge in [0, 0.05) is 24.5 Å². The highest BCUT2D eigenvalue weighted by molar-refractivity contribution is 5.72. The number of nitrogens with zero attached hydrogens (tertiary/aromatic N) is 4. The zero-order valence-electron chi connectivity index (χ0n) is 9.63. The Morgan fingerprint density at radius 3 is 3.19 bits per heavy atom. The number of rotatable bonds is 5. The highest BCUT2D eigenvalue weighted by Gasteiger charge is 2.26. The lowest BCUT2D eigenvalue weighted by atomic mass is 9.98. The monoisotopic (exact) mass is 226 g/mol. The number of azide groups is 1. The number of hydrogen-bond acceptors (Lipinski definition) is 4. The Labute approximate surface area is 95.2 Å². The van der Waals surface area contributed by atoms with E-state index >= 15 is 0 Å². The maximum absolute atomic E-state index is 11.5. The molecule has 0 spiro atoms. The van der Waals surface area contributed by atoms with E-state index in [1.165, 1.54) is 0 Å². The molecule has 6 heteroatoms. The van der Waals surface area contributed by atoms with Crippen LogP contribution in [0.5, 0.6) is 0 Å². The number of ether oxygens (including phenoxy) is 1. The summed E-state index contributed by atoms with van der Waals surface area (Å²) in [7, 11) is 0. The van der Waals surface area contributed by atoms with E-state index < -0.39 is 0 Å². The average molecular weight is 226 g/mol. The van der Waals surface area contributed by atoms with Gasteiger partial charge in [-0.05, 0) is 31.8 Å². The van der Waals surface area contributed by atoms with Crippen molar-refractivity contribution in [3.05, 3.63) is 10.4 Å². The first-order chi connectivity index (χ1) is 7.77. The number of likely N-dealkylation sites (tertiary alicyclic amines) is 1. The number of piperidine rings is 1. The van der Waals surface area contributed by atoms with Crippen LogP contribution in [0, 0.1) is 5.92 Å². The van der Waals surface area contributed by atoms with E-state index in [2.05, 4.69) is 14.9 Å². The van der Waals surface area contributed by atoms with Crippen LogP contribution in [0.15, 0.2) is 5.11 Å². The maximum atomic E-state index is 11.5. The Morgan fingerprint density at radius 1 is 1.69 bits per heavy atom. The van der Waals surface area contributed by atoms with E-state index in [-0.39, 0.29) is 11.9 Å². The van der Waals surface area contributed by atoms with Crippen molar-refractivity contribution in [1.82, 2.24) is 4.90 Å². The molecule has 6 nitrogen and oxygen atoms in total. The van der Waals surface area contributed by atoms with Crippen LogP contribution < -0.4 is 0 Å². The first-order valence-corrected chi connectivity index (χ1v) is 5.67. The van der Waals surface area contributed by atoms with Crippen LogP contribution >= 0.6 is 0 Å². The Bertz CT molecular complexity index is 276. The summed E-state index contributed by atoms with van der Waals surface area (Å²) in [6.07, 6.45) is 1.90. The summed E-state index contributed by atoms with van der Waals surface area (Å²) in [6, 6.07) is 0. The van der Waals surface area contributed by atoms with Gasteiger partial charge in [0.05, 0.1) is 12.5 Å². The third-order valence-electron chi connectivity index (χ3n) is 2.70. The zero-order chi connectivity index (χ0) is 11.8. The summed E-state index contributed by atoms with van der Waals surface area (Å²) in [6.45, 7) is 5.14. The second kappa shape index (κ2) is 7.09. The zero-order valence-corrected chi connectivity index (χ0v) is 9.63. The number of carbonyl (C=O) groups excluding carboxylic acids is 1. The van der Waals surface area contributed by atoms with Gasteiger partial charge >= 0.3 is 5.97 Å². The van der Waals surface area contributed by atoms with Gasteiger partial charge in [0.1, 0.15) is 0 Å². The number of carbonyl (C=O) groups is 1. The van der Waals surface area contributed by atoms with Gasteiger partial charge in [-0.15, -0.1) is 0 Å². The van der Waals surface area contributed by atoms with E-state index in [9.17, 15) is 4.79 Å². The Kier molecular flexibility index (Phi) is 5.67. The first-order valence-electron chi connectivity index (χ1n) is 5.67. The molecule has 16 heavy (non-hydrogen) atoms. The van der Waals surface area contributed by atoms with Crippen molar-refractivity contribution < 1.29 is 9.53 Å². The molecule has 0 aromatic carbocycles. The molecule has 0 aliphatic carbocycles. The molecule has 0 N–H and O–H groups in total. The Morgan fingerprint density at radius 2 is 2.50 bits per heavy atom. The number of esters is 1. The first kappa shape index (κ1) is 12.8. The van der Waals surface area contributed by atoms with Crippen molar-refractivity contribution in [3.63, 3.8) is 0 Å². The third-order valence-corrected chi connectivity index (χ3v) is 2.70. The molecule has 1 rings (SSSR count). The van der Waals surface area contributed by atoms with Crippen LogP contribution in [0.2, 0.25) is 0 Å². The Hall–Kier alpha value is -1.26. The quantitative estimate of drug-likeness (QED) is 0.309. The van der Waals surface area contributed by atoms with Crippen molar-refractivity contribution in [2.75, 3.05) is 32.8 Å². The van der Waals surface area contributed by atoms with E-state index in [4.69, 9.17) is 10.3 Å². The molecule has 1 unspecified atom stereocenters. The largest absolute Gasteiger partial charge is 0.466 e. The van der Waals surface area contributed by atoms with Crippen LogP contribution in [0.4, 0.5) is 0 Å². The fourth-order valence-corrected chi connectivity index (χ4v) is 1.94. The molecule has 1 aliphatic rings. The normalized spacial score (nSPS) is 21.2. The van der Waals surface area contributed by atoms with E-state index in [0.29, 0.717) is 13.2 Å². The van der Waals surface area contributed by atoms with Crippen molar-refractivity contribution in [2.45, 2.75) is 19.8 Å². The SMILES string of the molecule is CCOC(=O)C1CCCN(CCN=[N+]=[N-])C1. The van der Waals surface area contributed by atoms with Crippen LogP contribution in [0.25, 0.3) is 10.4 Å². The highest BCUT2D eigenvalue weighted by Crippen LogP contribution is 2.17. The van der Waals surface area contributed by atoms with Crippen molar-refractivity contribution >= 4 is 5.97 Å². The van der Waals surface area contributed by atoms with Gasteiger partial charge in [0.15, 0.2) is 0 Å². The minimum Gasteiger partial charge on any atom is -0.466 e.